The predicted molar refractivity (Wildman–Crippen MR) is 122 cm³/mol. The number of nitrogens with one attached hydrogen (secondary N) is 1. The number of aromatic nitrogens is 1. The van der Waals surface area contributed by atoms with Crippen LogP contribution in [0.4, 0.5) is 0 Å². The number of aryl methyl sites for hydroxylation is 1. The van der Waals surface area contributed by atoms with Crippen LogP contribution in [0.3, 0.4) is 0 Å². The Bertz CT molecular complexity index is 988. The molecule has 7 heteroatoms. The Morgan fingerprint density at radius 3 is 2.48 bits per heavy atom. The van der Waals surface area contributed by atoms with Gasteiger partial charge in [0.2, 0.25) is 0 Å². The highest BCUT2D eigenvalue weighted by Gasteiger charge is 2.15. The molecule has 31 heavy (non-hydrogen) atoms. The Morgan fingerprint density at radius 1 is 1.00 bits per heavy atom. The molecule has 0 fully saturated rings. The molecule has 2 aromatic carbocycles. The fraction of sp³-hybridized carbons (Fsp3) is 0.333. The first-order chi connectivity index (χ1) is 15.1. The zero-order chi connectivity index (χ0) is 22.1. The fourth-order valence-corrected chi connectivity index (χ4v) is 3.93. The van der Waals surface area contributed by atoms with Crippen molar-refractivity contribution in [2.45, 2.75) is 33.8 Å². The molecule has 0 bridgehead atoms. The molecule has 0 spiro atoms. The molecule has 1 N–H and O–H groups in total. The molecular formula is C24H28N2O4S. The third kappa shape index (κ3) is 6.46. The van der Waals surface area contributed by atoms with E-state index in [0.717, 1.165) is 27.8 Å². The lowest BCUT2D eigenvalue weighted by Gasteiger charge is -2.12. The Balaban J connectivity index is 1.54. The number of carbonyl (C=O) groups is 1. The molecule has 0 aliphatic rings. The average molecular weight is 441 g/mol. The van der Waals surface area contributed by atoms with E-state index in [0.29, 0.717) is 43.4 Å². The zero-order valence-corrected chi connectivity index (χ0v) is 19.0. The summed E-state index contributed by atoms with van der Waals surface area (Å²) in [5.74, 6) is 2.14. The van der Waals surface area contributed by atoms with Gasteiger partial charge < -0.3 is 19.5 Å². The number of rotatable bonds is 11. The third-order valence-electron chi connectivity index (χ3n) is 4.46. The highest BCUT2D eigenvalue weighted by atomic mass is 32.1. The van der Waals surface area contributed by atoms with E-state index in [1.165, 1.54) is 11.3 Å². The number of nitrogens with zero attached hydrogens (tertiary/aromatic N) is 1. The molecule has 0 aliphatic heterocycles. The number of hydrogen-bond acceptors (Lipinski definition) is 6. The predicted octanol–water partition coefficient (Wildman–Crippen LogP) is 4.80. The Labute approximate surface area is 187 Å². The third-order valence-corrected chi connectivity index (χ3v) is 5.59. The maximum absolute atomic E-state index is 12.6. The van der Waals surface area contributed by atoms with Gasteiger partial charge in [-0.1, -0.05) is 24.3 Å². The number of thiazole rings is 1. The van der Waals surface area contributed by atoms with Crippen LogP contribution in [-0.2, 0) is 13.0 Å². The van der Waals surface area contributed by atoms with E-state index in [4.69, 9.17) is 14.2 Å². The van der Waals surface area contributed by atoms with Crippen molar-refractivity contribution in [1.29, 1.82) is 0 Å². The van der Waals surface area contributed by atoms with Gasteiger partial charge in [0, 0.05) is 6.54 Å². The second-order valence-corrected chi connectivity index (χ2v) is 7.86. The maximum Gasteiger partial charge on any atom is 0.263 e. The lowest BCUT2D eigenvalue weighted by Crippen LogP contribution is -2.25. The number of ether oxygens (including phenoxy) is 3. The monoisotopic (exact) mass is 440 g/mol. The number of carbonyl (C=O) groups excluding carboxylic acids is 1. The standard InChI is InChI=1S/C24H28N2O4S/c1-4-28-20-12-11-18(15-21(20)29-5-2)13-14-25-24(27)23-17(3)26-22(31-23)16-30-19-9-7-6-8-10-19/h6-12,15H,4-5,13-14,16H2,1-3H3,(H,25,27). The zero-order valence-electron chi connectivity index (χ0n) is 18.1. The van der Waals surface area contributed by atoms with E-state index in [2.05, 4.69) is 10.3 Å². The first kappa shape index (κ1) is 22.6. The van der Waals surface area contributed by atoms with Crippen LogP contribution in [-0.4, -0.2) is 30.6 Å². The van der Waals surface area contributed by atoms with Gasteiger partial charge >= 0.3 is 0 Å². The lowest BCUT2D eigenvalue weighted by molar-refractivity contribution is 0.0957. The minimum atomic E-state index is -0.114. The summed E-state index contributed by atoms with van der Waals surface area (Å²) in [6, 6.07) is 15.4. The molecule has 3 rings (SSSR count). The Kier molecular flexibility index (Phi) is 8.29. The summed E-state index contributed by atoms with van der Waals surface area (Å²) in [6.45, 7) is 7.75. The molecule has 0 radical (unpaired) electrons. The van der Waals surface area contributed by atoms with Crippen molar-refractivity contribution in [3.8, 4) is 17.2 Å². The van der Waals surface area contributed by atoms with Gasteiger partial charge in [0.05, 0.1) is 18.9 Å². The van der Waals surface area contributed by atoms with Gasteiger partial charge in [0.1, 0.15) is 22.2 Å². The van der Waals surface area contributed by atoms with E-state index < -0.39 is 0 Å². The Hall–Kier alpha value is -3.06. The molecule has 0 atom stereocenters. The van der Waals surface area contributed by atoms with Gasteiger partial charge in [0.15, 0.2) is 11.5 Å². The molecule has 0 aliphatic carbocycles. The van der Waals surface area contributed by atoms with Crippen molar-refractivity contribution in [1.82, 2.24) is 10.3 Å². The average Bonchev–Trinajstić information content (AvgIpc) is 3.15. The second-order valence-electron chi connectivity index (χ2n) is 6.78. The summed E-state index contributed by atoms with van der Waals surface area (Å²) in [5.41, 5.74) is 1.79. The minimum Gasteiger partial charge on any atom is -0.490 e. The van der Waals surface area contributed by atoms with Crippen LogP contribution in [0, 0.1) is 6.92 Å². The van der Waals surface area contributed by atoms with Crippen LogP contribution < -0.4 is 19.5 Å². The van der Waals surface area contributed by atoms with Crippen LogP contribution in [0.15, 0.2) is 48.5 Å². The van der Waals surface area contributed by atoms with Crippen molar-refractivity contribution in [2.75, 3.05) is 19.8 Å². The molecule has 0 unspecified atom stereocenters. The summed E-state index contributed by atoms with van der Waals surface area (Å²) >= 11 is 1.36. The van der Waals surface area contributed by atoms with Crippen molar-refractivity contribution < 1.29 is 19.0 Å². The first-order valence-corrected chi connectivity index (χ1v) is 11.2. The highest BCUT2D eigenvalue weighted by Crippen LogP contribution is 2.28. The van der Waals surface area contributed by atoms with Crippen molar-refractivity contribution in [3.63, 3.8) is 0 Å². The highest BCUT2D eigenvalue weighted by molar-refractivity contribution is 7.13. The summed E-state index contributed by atoms with van der Waals surface area (Å²) in [7, 11) is 0. The van der Waals surface area contributed by atoms with Gasteiger partial charge in [0.25, 0.3) is 5.91 Å². The van der Waals surface area contributed by atoms with Gasteiger partial charge in [-0.05, 0) is 57.0 Å². The van der Waals surface area contributed by atoms with E-state index in [1.807, 2.05) is 69.3 Å². The molecule has 0 saturated heterocycles. The molecule has 1 amide bonds. The lowest BCUT2D eigenvalue weighted by atomic mass is 10.1. The van der Waals surface area contributed by atoms with Crippen LogP contribution in [0.5, 0.6) is 17.2 Å². The second kappa shape index (κ2) is 11.4. The van der Waals surface area contributed by atoms with Crippen LogP contribution >= 0.6 is 11.3 Å². The normalized spacial score (nSPS) is 10.5. The van der Waals surface area contributed by atoms with E-state index in [-0.39, 0.29) is 5.91 Å². The largest absolute Gasteiger partial charge is 0.490 e. The fourth-order valence-electron chi connectivity index (χ4n) is 3.04. The summed E-state index contributed by atoms with van der Waals surface area (Å²) < 4.78 is 17.0. The Morgan fingerprint density at radius 2 is 1.74 bits per heavy atom. The molecule has 6 nitrogen and oxygen atoms in total. The van der Waals surface area contributed by atoms with Crippen LogP contribution in [0.25, 0.3) is 0 Å². The number of hydrogen-bond donors (Lipinski definition) is 1. The summed E-state index contributed by atoms with van der Waals surface area (Å²) in [6.07, 6.45) is 0.694. The molecule has 1 heterocycles. The molecule has 3 aromatic rings. The van der Waals surface area contributed by atoms with Gasteiger partial charge in [-0.15, -0.1) is 11.3 Å². The molecule has 0 saturated carbocycles. The SMILES string of the molecule is CCOc1ccc(CCNC(=O)c2sc(COc3ccccc3)nc2C)cc1OCC. The van der Waals surface area contributed by atoms with E-state index >= 15 is 0 Å². The molecular weight excluding hydrogens is 412 g/mol. The number of amides is 1. The summed E-state index contributed by atoms with van der Waals surface area (Å²) in [5, 5.41) is 3.76. The van der Waals surface area contributed by atoms with Gasteiger partial charge in [-0.25, -0.2) is 4.98 Å². The minimum absolute atomic E-state index is 0.114. The van der Waals surface area contributed by atoms with Gasteiger partial charge in [-0.2, -0.15) is 0 Å². The first-order valence-electron chi connectivity index (χ1n) is 10.4. The maximum atomic E-state index is 12.6. The van der Waals surface area contributed by atoms with Crippen molar-refractivity contribution in [2.24, 2.45) is 0 Å². The van der Waals surface area contributed by atoms with E-state index in [9.17, 15) is 4.79 Å². The molecule has 1 aromatic heterocycles. The number of benzene rings is 2. The van der Waals surface area contributed by atoms with Crippen LogP contribution in [0.1, 0.15) is 39.8 Å². The van der Waals surface area contributed by atoms with Crippen LogP contribution in [0.2, 0.25) is 0 Å². The number of para-hydroxylation sites is 1. The smallest absolute Gasteiger partial charge is 0.263 e. The van der Waals surface area contributed by atoms with E-state index in [1.54, 1.807) is 0 Å². The quantitative estimate of drug-likeness (QED) is 0.464. The van der Waals surface area contributed by atoms with Crippen molar-refractivity contribution in [3.05, 3.63) is 69.7 Å². The van der Waals surface area contributed by atoms with Gasteiger partial charge in [-0.3, -0.25) is 4.79 Å². The molecule has 164 valence electrons. The topological polar surface area (TPSA) is 69.7 Å². The van der Waals surface area contributed by atoms with Crippen molar-refractivity contribution >= 4 is 17.2 Å². The summed E-state index contributed by atoms with van der Waals surface area (Å²) in [4.78, 5) is 17.7.